The lowest BCUT2D eigenvalue weighted by Gasteiger charge is -2.28. The third kappa shape index (κ3) is 6.29. The maximum absolute atomic E-state index is 12.8. The summed E-state index contributed by atoms with van der Waals surface area (Å²) in [6.45, 7) is 4.33. The Morgan fingerprint density at radius 1 is 1.11 bits per heavy atom. The Morgan fingerprint density at radius 3 is 2.44 bits per heavy atom. The van der Waals surface area contributed by atoms with Gasteiger partial charge in [0.2, 0.25) is 5.91 Å². The van der Waals surface area contributed by atoms with E-state index in [2.05, 4.69) is 5.32 Å². The van der Waals surface area contributed by atoms with Gasteiger partial charge in [-0.1, -0.05) is 54.1 Å². The first-order chi connectivity index (χ1) is 13.0. The molecule has 0 aromatic heterocycles. The molecule has 0 bridgehead atoms. The number of likely N-dealkylation sites (N-methyl/N-ethyl adjacent to an activating group) is 1. The molecule has 27 heavy (non-hydrogen) atoms. The highest BCUT2D eigenvalue weighted by molar-refractivity contribution is 6.32. The number of rotatable bonds is 9. The van der Waals surface area contributed by atoms with Crippen molar-refractivity contribution in [3.8, 4) is 5.75 Å². The van der Waals surface area contributed by atoms with E-state index in [9.17, 15) is 9.59 Å². The molecule has 144 valence electrons. The predicted octanol–water partition coefficient (Wildman–Crippen LogP) is 3.31. The van der Waals surface area contributed by atoms with E-state index in [4.69, 9.17) is 16.3 Å². The number of halogens is 1. The fourth-order valence-electron chi connectivity index (χ4n) is 2.68. The molecule has 2 amide bonds. The highest BCUT2D eigenvalue weighted by Gasteiger charge is 2.25. The highest BCUT2D eigenvalue weighted by Crippen LogP contribution is 2.23. The van der Waals surface area contributed by atoms with Crippen LogP contribution in [0.3, 0.4) is 0 Å². The van der Waals surface area contributed by atoms with Crippen LogP contribution < -0.4 is 10.1 Å². The fourth-order valence-corrected chi connectivity index (χ4v) is 2.87. The van der Waals surface area contributed by atoms with Gasteiger partial charge in [0, 0.05) is 13.1 Å². The van der Waals surface area contributed by atoms with E-state index in [-0.39, 0.29) is 18.4 Å². The minimum atomic E-state index is -0.587. The Morgan fingerprint density at radius 2 is 1.78 bits per heavy atom. The summed E-state index contributed by atoms with van der Waals surface area (Å²) in [6, 6.07) is 16.3. The molecule has 0 unspecified atom stereocenters. The zero-order valence-corrected chi connectivity index (χ0v) is 16.4. The molecule has 0 saturated heterocycles. The number of nitrogens with one attached hydrogen (secondary N) is 1. The SMILES string of the molecule is CCNC(=O)[C@@H](C)N(CCc1ccccc1)C(=O)COc1ccccc1Cl. The van der Waals surface area contributed by atoms with Gasteiger partial charge >= 0.3 is 0 Å². The molecule has 6 heteroatoms. The average Bonchev–Trinajstić information content (AvgIpc) is 2.68. The number of hydrogen-bond acceptors (Lipinski definition) is 3. The molecular formula is C21H25ClN2O3. The molecular weight excluding hydrogens is 364 g/mol. The average molecular weight is 389 g/mol. The molecule has 0 aliphatic heterocycles. The largest absolute Gasteiger partial charge is 0.482 e. The minimum absolute atomic E-state index is 0.178. The van der Waals surface area contributed by atoms with Crippen LogP contribution in [0, 0.1) is 0 Å². The first-order valence-electron chi connectivity index (χ1n) is 9.01. The van der Waals surface area contributed by atoms with Gasteiger partial charge in [-0.3, -0.25) is 9.59 Å². The molecule has 0 aliphatic rings. The van der Waals surface area contributed by atoms with Crippen molar-refractivity contribution in [3.63, 3.8) is 0 Å². The molecule has 1 atom stereocenters. The Labute approximate surface area is 165 Å². The molecule has 5 nitrogen and oxygen atoms in total. The van der Waals surface area contributed by atoms with Gasteiger partial charge in [0.25, 0.3) is 5.91 Å². The van der Waals surface area contributed by atoms with Crippen LogP contribution in [0.15, 0.2) is 54.6 Å². The lowest BCUT2D eigenvalue weighted by Crippen LogP contribution is -2.50. The van der Waals surface area contributed by atoms with E-state index in [1.165, 1.54) is 0 Å². The highest BCUT2D eigenvalue weighted by atomic mass is 35.5. The molecule has 0 fully saturated rings. The molecule has 0 aliphatic carbocycles. The smallest absolute Gasteiger partial charge is 0.261 e. The molecule has 2 aromatic rings. The number of amides is 2. The van der Waals surface area contributed by atoms with Gasteiger partial charge in [-0.2, -0.15) is 0 Å². The van der Waals surface area contributed by atoms with Crippen molar-refractivity contribution in [2.45, 2.75) is 26.3 Å². The van der Waals surface area contributed by atoms with Crippen LogP contribution in [-0.4, -0.2) is 42.5 Å². The lowest BCUT2D eigenvalue weighted by molar-refractivity contribution is -0.141. The topological polar surface area (TPSA) is 58.6 Å². The third-order valence-electron chi connectivity index (χ3n) is 4.19. The molecule has 0 radical (unpaired) electrons. The van der Waals surface area contributed by atoms with Crippen LogP contribution in [-0.2, 0) is 16.0 Å². The normalized spacial score (nSPS) is 11.5. The monoisotopic (exact) mass is 388 g/mol. The van der Waals surface area contributed by atoms with Crippen molar-refractivity contribution in [2.75, 3.05) is 19.7 Å². The number of para-hydroxylation sites is 1. The molecule has 0 saturated carbocycles. The van der Waals surface area contributed by atoms with Crippen LogP contribution >= 0.6 is 11.6 Å². The van der Waals surface area contributed by atoms with E-state index in [1.54, 1.807) is 36.1 Å². The summed E-state index contributed by atoms with van der Waals surface area (Å²) < 4.78 is 5.57. The van der Waals surface area contributed by atoms with Crippen molar-refractivity contribution in [1.29, 1.82) is 0 Å². The number of ether oxygens (including phenoxy) is 1. The van der Waals surface area contributed by atoms with Gasteiger partial charge in [0.05, 0.1) is 5.02 Å². The molecule has 0 heterocycles. The van der Waals surface area contributed by atoms with Crippen molar-refractivity contribution < 1.29 is 14.3 Å². The van der Waals surface area contributed by atoms with E-state index in [1.807, 2.05) is 37.3 Å². The van der Waals surface area contributed by atoms with Crippen LogP contribution in [0.5, 0.6) is 5.75 Å². The summed E-state index contributed by atoms with van der Waals surface area (Å²) in [5, 5.41) is 3.21. The molecule has 2 aromatic carbocycles. The second kappa shape index (κ2) is 10.6. The van der Waals surface area contributed by atoms with Crippen molar-refractivity contribution in [3.05, 3.63) is 65.2 Å². The Balaban J connectivity index is 2.06. The van der Waals surface area contributed by atoms with E-state index < -0.39 is 6.04 Å². The maximum atomic E-state index is 12.8. The fraction of sp³-hybridized carbons (Fsp3) is 0.333. The molecule has 0 spiro atoms. The number of carbonyl (C=O) groups excluding carboxylic acids is 2. The Hall–Kier alpha value is -2.53. The Kier molecular flexibility index (Phi) is 8.14. The number of benzene rings is 2. The first-order valence-corrected chi connectivity index (χ1v) is 9.39. The summed E-state index contributed by atoms with van der Waals surface area (Å²) >= 11 is 6.07. The second-order valence-electron chi connectivity index (χ2n) is 6.11. The standard InChI is InChI=1S/C21H25ClN2O3/c1-3-23-21(26)16(2)24(14-13-17-9-5-4-6-10-17)20(25)15-27-19-12-8-7-11-18(19)22/h4-12,16H,3,13-15H2,1-2H3,(H,23,26)/t16-/m1/s1. The lowest BCUT2D eigenvalue weighted by atomic mass is 10.1. The Bertz CT molecular complexity index is 752. The molecule has 2 rings (SSSR count). The van der Waals surface area contributed by atoms with Gasteiger partial charge in [0.1, 0.15) is 11.8 Å². The number of nitrogens with zero attached hydrogens (tertiary/aromatic N) is 1. The van der Waals surface area contributed by atoms with Gasteiger partial charge in [0.15, 0.2) is 6.61 Å². The second-order valence-corrected chi connectivity index (χ2v) is 6.52. The van der Waals surface area contributed by atoms with Crippen LogP contribution in [0.4, 0.5) is 0 Å². The summed E-state index contributed by atoms with van der Waals surface area (Å²) in [5.41, 5.74) is 1.10. The molecule has 1 N–H and O–H groups in total. The minimum Gasteiger partial charge on any atom is -0.482 e. The summed E-state index contributed by atoms with van der Waals surface area (Å²) in [5.74, 6) is 0.00227. The zero-order chi connectivity index (χ0) is 19.6. The van der Waals surface area contributed by atoms with Crippen LogP contribution in [0.2, 0.25) is 5.02 Å². The van der Waals surface area contributed by atoms with Gasteiger partial charge in [-0.25, -0.2) is 0 Å². The quantitative estimate of drug-likeness (QED) is 0.716. The summed E-state index contributed by atoms with van der Waals surface area (Å²) in [6.07, 6.45) is 0.655. The van der Waals surface area contributed by atoms with Gasteiger partial charge in [-0.05, 0) is 38.0 Å². The van der Waals surface area contributed by atoms with Crippen LogP contribution in [0.1, 0.15) is 19.4 Å². The van der Waals surface area contributed by atoms with Gasteiger partial charge in [-0.15, -0.1) is 0 Å². The van der Waals surface area contributed by atoms with Gasteiger partial charge < -0.3 is 15.0 Å². The van der Waals surface area contributed by atoms with E-state index in [0.29, 0.717) is 30.3 Å². The maximum Gasteiger partial charge on any atom is 0.261 e. The zero-order valence-electron chi connectivity index (χ0n) is 15.7. The van der Waals surface area contributed by atoms with Crippen LogP contribution in [0.25, 0.3) is 0 Å². The predicted molar refractivity (Wildman–Crippen MR) is 107 cm³/mol. The van der Waals surface area contributed by atoms with Crippen molar-refractivity contribution in [2.24, 2.45) is 0 Å². The van der Waals surface area contributed by atoms with Crippen molar-refractivity contribution >= 4 is 23.4 Å². The summed E-state index contributed by atoms with van der Waals surface area (Å²) in [4.78, 5) is 26.6. The number of carbonyl (C=O) groups is 2. The van der Waals surface area contributed by atoms with E-state index >= 15 is 0 Å². The third-order valence-corrected chi connectivity index (χ3v) is 4.50. The number of hydrogen-bond donors (Lipinski definition) is 1. The first kappa shape index (κ1) is 20.8. The van der Waals surface area contributed by atoms with E-state index in [0.717, 1.165) is 5.56 Å². The van der Waals surface area contributed by atoms with Crippen molar-refractivity contribution in [1.82, 2.24) is 10.2 Å². The summed E-state index contributed by atoms with van der Waals surface area (Å²) in [7, 11) is 0.